The third kappa shape index (κ3) is 3.00. The molecule has 3 aromatic rings. The maximum absolute atomic E-state index is 6.01. The Morgan fingerprint density at radius 3 is 2.81 bits per heavy atom. The average molecular weight is 320 g/mol. The number of hydrogen-bond donors (Lipinski definition) is 1. The Bertz CT molecular complexity index is 745. The first kappa shape index (κ1) is 14.3. The number of thiophene rings is 1. The molecule has 0 amide bonds. The third-order valence-electron chi connectivity index (χ3n) is 3.09. The van der Waals surface area contributed by atoms with Gasteiger partial charge in [0.25, 0.3) is 0 Å². The molecular weight excluding hydrogens is 306 g/mol. The van der Waals surface area contributed by atoms with Crippen LogP contribution in [0, 0.1) is 0 Å². The van der Waals surface area contributed by atoms with Gasteiger partial charge in [-0.2, -0.15) is 0 Å². The molecule has 1 N–H and O–H groups in total. The van der Waals surface area contributed by atoms with Crippen molar-refractivity contribution in [2.24, 2.45) is 0 Å². The molecule has 0 spiro atoms. The SMILES string of the molecule is COCCNc1nc(Cl)nc2scc(-c3ccccc3)c12. The van der Waals surface area contributed by atoms with E-state index < -0.39 is 0 Å². The second-order valence-corrected chi connectivity index (χ2v) is 5.65. The summed E-state index contributed by atoms with van der Waals surface area (Å²) in [6, 6.07) is 10.2. The highest BCUT2D eigenvalue weighted by atomic mass is 35.5. The van der Waals surface area contributed by atoms with Crippen LogP contribution in [0.15, 0.2) is 35.7 Å². The van der Waals surface area contributed by atoms with E-state index in [4.69, 9.17) is 16.3 Å². The Morgan fingerprint density at radius 1 is 1.24 bits per heavy atom. The van der Waals surface area contributed by atoms with Crippen LogP contribution in [0.25, 0.3) is 21.3 Å². The topological polar surface area (TPSA) is 47.0 Å². The fourth-order valence-electron chi connectivity index (χ4n) is 2.15. The molecule has 108 valence electrons. The number of nitrogens with zero attached hydrogens (tertiary/aromatic N) is 2. The maximum Gasteiger partial charge on any atom is 0.225 e. The number of halogens is 1. The van der Waals surface area contributed by atoms with E-state index in [0.717, 1.165) is 27.2 Å². The predicted molar refractivity (Wildman–Crippen MR) is 88.2 cm³/mol. The van der Waals surface area contributed by atoms with Gasteiger partial charge in [-0.05, 0) is 17.2 Å². The molecule has 2 aromatic heterocycles. The van der Waals surface area contributed by atoms with Gasteiger partial charge in [0, 0.05) is 24.6 Å². The molecule has 3 rings (SSSR count). The number of anilines is 1. The van der Waals surface area contributed by atoms with Crippen molar-refractivity contribution in [2.75, 3.05) is 25.6 Å². The van der Waals surface area contributed by atoms with Crippen LogP contribution < -0.4 is 5.32 Å². The summed E-state index contributed by atoms with van der Waals surface area (Å²) < 4.78 is 5.07. The molecule has 0 aliphatic carbocycles. The van der Waals surface area contributed by atoms with Crippen molar-refractivity contribution in [2.45, 2.75) is 0 Å². The van der Waals surface area contributed by atoms with Crippen molar-refractivity contribution >= 4 is 39.0 Å². The van der Waals surface area contributed by atoms with Crippen molar-refractivity contribution in [1.82, 2.24) is 9.97 Å². The summed E-state index contributed by atoms with van der Waals surface area (Å²) in [5.41, 5.74) is 2.26. The molecule has 0 saturated carbocycles. The summed E-state index contributed by atoms with van der Waals surface area (Å²) in [6.45, 7) is 1.27. The molecule has 0 unspecified atom stereocenters. The monoisotopic (exact) mass is 319 g/mol. The van der Waals surface area contributed by atoms with Gasteiger partial charge in [-0.3, -0.25) is 0 Å². The quantitative estimate of drug-likeness (QED) is 0.569. The molecule has 2 heterocycles. The summed E-state index contributed by atoms with van der Waals surface area (Å²) in [5, 5.41) is 6.62. The van der Waals surface area contributed by atoms with Crippen LogP contribution in [-0.2, 0) is 4.74 Å². The first-order chi connectivity index (χ1) is 10.3. The fraction of sp³-hybridized carbons (Fsp3) is 0.200. The average Bonchev–Trinajstić information content (AvgIpc) is 2.92. The lowest BCUT2D eigenvalue weighted by Gasteiger charge is -2.08. The minimum Gasteiger partial charge on any atom is -0.383 e. The first-order valence-corrected chi connectivity index (χ1v) is 7.78. The van der Waals surface area contributed by atoms with E-state index in [1.54, 1.807) is 18.4 Å². The van der Waals surface area contributed by atoms with E-state index in [1.165, 1.54) is 0 Å². The minimum atomic E-state index is 0.254. The van der Waals surface area contributed by atoms with Crippen LogP contribution in [0.1, 0.15) is 0 Å². The van der Waals surface area contributed by atoms with E-state index in [2.05, 4.69) is 32.8 Å². The number of rotatable bonds is 5. The summed E-state index contributed by atoms with van der Waals surface area (Å²) in [6.07, 6.45) is 0. The largest absolute Gasteiger partial charge is 0.383 e. The Kier molecular flexibility index (Phi) is 4.34. The highest BCUT2D eigenvalue weighted by molar-refractivity contribution is 7.17. The van der Waals surface area contributed by atoms with Gasteiger partial charge in [-0.25, -0.2) is 9.97 Å². The van der Waals surface area contributed by atoms with Gasteiger partial charge in [0.05, 0.1) is 12.0 Å². The second kappa shape index (κ2) is 6.39. The van der Waals surface area contributed by atoms with Gasteiger partial charge in [-0.1, -0.05) is 30.3 Å². The van der Waals surface area contributed by atoms with Gasteiger partial charge in [0.2, 0.25) is 5.28 Å². The molecule has 4 nitrogen and oxygen atoms in total. The number of ether oxygens (including phenoxy) is 1. The Balaban J connectivity index is 2.10. The molecule has 6 heteroatoms. The van der Waals surface area contributed by atoms with E-state index >= 15 is 0 Å². The Morgan fingerprint density at radius 2 is 2.05 bits per heavy atom. The van der Waals surface area contributed by atoms with Crippen molar-refractivity contribution in [1.29, 1.82) is 0 Å². The van der Waals surface area contributed by atoms with E-state index in [9.17, 15) is 0 Å². The van der Waals surface area contributed by atoms with Gasteiger partial charge in [0.1, 0.15) is 10.6 Å². The van der Waals surface area contributed by atoms with Crippen molar-refractivity contribution in [3.8, 4) is 11.1 Å². The lowest BCUT2D eigenvalue weighted by molar-refractivity contribution is 0.210. The number of nitrogens with one attached hydrogen (secondary N) is 1. The maximum atomic E-state index is 6.01. The minimum absolute atomic E-state index is 0.254. The lowest BCUT2D eigenvalue weighted by atomic mass is 10.1. The molecule has 0 fully saturated rings. The van der Waals surface area contributed by atoms with Gasteiger partial charge < -0.3 is 10.1 Å². The van der Waals surface area contributed by atoms with Crippen molar-refractivity contribution in [3.05, 3.63) is 41.0 Å². The zero-order chi connectivity index (χ0) is 14.7. The molecule has 1 aromatic carbocycles. The lowest BCUT2D eigenvalue weighted by Crippen LogP contribution is -2.09. The molecular formula is C15H14ClN3OS. The number of aromatic nitrogens is 2. The molecule has 21 heavy (non-hydrogen) atoms. The van der Waals surface area contributed by atoms with Crippen LogP contribution in [0.5, 0.6) is 0 Å². The Labute approximate surface area is 131 Å². The first-order valence-electron chi connectivity index (χ1n) is 6.52. The highest BCUT2D eigenvalue weighted by Gasteiger charge is 2.14. The van der Waals surface area contributed by atoms with Gasteiger partial charge >= 0.3 is 0 Å². The summed E-state index contributed by atoms with van der Waals surface area (Å²) in [7, 11) is 1.67. The molecule has 0 atom stereocenters. The second-order valence-electron chi connectivity index (χ2n) is 4.46. The van der Waals surface area contributed by atoms with Crippen LogP contribution in [0.4, 0.5) is 5.82 Å². The zero-order valence-electron chi connectivity index (χ0n) is 11.5. The van der Waals surface area contributed by atoms with E-state index in [0.29, 0.717) is 13.2 Å². The molecule has 0 saturated heterocycles. The highest BCUT2D eigenvalue weighted by Crippen LogP contribution is 2.37. The number of fused-ring (bicyclic) bond motifs is 1. The van der Waals surface area contributed by atoms with Crippen LogP contribution in [0.2, 0.25) is 5.28 Å². The summed E-state index contributed by atoms with van der Waals surface area (Å²) in [4.78, 5) is 9.52. The Hall–Kier alpha value is -1.69. The third-order valence-corrected chi connectivity index (χ3v) is 4.13. The van der Waals surface area contributed by atoms with Crippen LogP contribution in [0.3, 0.4) is 0 Å². The number of methoxy groups -OCH3 is 1. The van der Waals surface area contributed by atoms with Gasteiger partial charge in [0.15, 0.2) is 0 Å². The molecule has 0 bridgehead atoms. The number of benzene rings is 1. The van der Waals surface area contributed by atoms with Crippen LogP contribution in [-0.4, -0.2) is 30.2 Å². The number of hydrogen-bond acceptors (Lipinski definition) is 5. The van der Waals surface area contributed by atoms with E-state index in [1.807, 2.05) is 18.2 Å². The van der Waals surface area contributed by atoms with Crippen LogP contribution >= 0.6 is 22.9 Å². The normalized spacial score (nSPS) is 11.0. The summed E-state index contributed by atoms with van der Waals surface area (Å²) in [5.74, 6) is 0.752. The van der Waals surface area contributed by atoms with Gasteiger partial charge in [-0.15, -0.1) is 11.3 Å². The smallest absolute Gasteiger partial charge is 0.225 e. The van der Waals surface area contributed by atoms with E-state index in [-0.39, 0.29) is 5.28 Å². The predicted octanol–water partition coefficient (Wildman–Crippen LogP) is 4.07. The zero-order valence-corrected chi connectivity index (χ0v) is 13.0. The molecule has 0 aliphatic heterocycles. The molecule has 0 aliphatic rings. The van der Waals surface area contributed by atoms with Crippen molar-refractivity contribution < 1.29 is 4.74 Å². The molecule has 0 radical (unpaired) electrons. The fourth-order valence-corrected chi connectivity index (χ4v) is 3.31. The van der Waals surface area contributed by atoms with Crippen molar-refractivity contribution in [3.63, 3.8) is 0 Å². The standard InChI is InChI=1S/C15H14ClN3OS/c1-20-8-7-17-13-12-11(10-5-3-2-4-6-10)9-21-14(12)19-15(16)18-13/h2-6,9H,7-8H2,1H3,(H,17,18,19). The summed E-state index contributed by atoms with van der Waals surface area (Å²) >= 11 is 7.57.